The molecular weight excluding hydrogens is 321 g/mol. The van der Waals surface area contributed by atoms with Crippen LogP contribution in [0.3, 0.4) is 0 Å². The molecule has 0 unspecified atom stereocenters. The summed E-state index contributed by atoms with van der Waals surface area (Å²) in [7, 11) is 0. The van der Waals surface area contributed by atoms with E-state index in [0.717, 1.165) is 12.1 Å². The summed E-state index contributed by atoms with van der Waals surface area (Å²) in [6, 6.07) is 9.68. The van der Waals surface area contributed by atoms with Gasteiger partial charge in [-0.1, -0.05) is 12.1 Å². The zero-order valence-corrected chi connectivity index (χ0v) is 12.6. The summed E-state index contributed by atoms with van der Waals surface area (Å²) in [5.74, 6) is 0.112. The lowest BCUT2D eigenvalue weighted by atomic mass is 10.1. The van der Waals surface area contributed by atoms with Crippen LogP contribution in [0.1, 0.15) is 17.0 Å². The predicted molar refractivity (Wildman–Crippen MR) is 82.5 cm³/mol. The van der Waals surface area contributed by atoms with Crippen molar-refractivity contribution in [3.63, 3.8) is 0 Å². The highest BCUT2D eigenvalue weighted by Crippen LogP contribution is 2.30. The van der Waals surface area contributed by atoms with Crippen LogP contribution in [-0.2, 0) is 17.4 Å². The molecule has 0 aliphatic carbocycles. The van der Waals surface area contributed by atoms with Crippen LogP contribution in [0.15, 0.2) is 46.9 Å². The number of benzene rings is 2. The van der Waals surface area contributed by atoms with E-state index in [4.69, 9.17) is 4.42 Å². The van der Waals surface area contributed by atoms with Crippen LogP contribution in [0.4, 0.5) is 18.9 Å². The number of hydrogen-bond donors (Lipinski definition) is 1. The monoisotopic (exact) mass is 334 g/mol. The van der Waals surface area contributed by atoms with Gasteiger partial charge in [0.25, 0.3) is 0 Å². The molecule has 0 saturated heterocycles. The second-order valence-electron chi connectivity index (χ2n) is 5.34. The lowest BCUT2D eigenvalue weighted by Gasteiger charge is -2.10. The second-order valence-corrected chi connectivity index (χ2v) is 5.34. The fourth-order valence-electron chi connectivity index (χ4n) is 2.36. The average Bonchev–Trinajstić information content (AvgIpc) is 2.86. The zero-order valence-electron chi connectivity index (χ0n) is 12.6. The van der Waals surface area contributed by atoms with E-state index < -0.39 is 17.6 Å². The zero-order chi connectivity index (χ0) is 17.3. The van der Waals surface area contributed by atoms with Gasteiger partial charge >= 0.3 is 6.18 Å². The van der Waals surface area contributed by atoms with Crippen LogP contribution in [-0.4, -0.2) is 10.9 Å². The quantitative estimate of drug-likeness (QED) is 0.775. The lowest BCUT2D eigenvalue weighted by molar-refractivity contribution is -0.137. The van der Waals surface area contributed by atoms with Crippen molar-refractivity contribution in [2.24, 2.45) is 0 Å². The summed E-state index contributed by atoms with van der Waals surface area (Å²) in [6.07, 6.45) is -4.43. The molecule has 0 bridgehead atoms. The first-order valence-electron chi connectivity index (χ1n) is 7.14. The molecule has 1 heterocycles. The molecule has 24 heavy (non-hydrogen) atoms. The number of rotatable bonds is 3. The van der Waals surface area contributed by atoms with Crippen molar-refractivity contribution in [3.8, 4) is 0 Å². The Hall–Kier alpha value is -2.83. The first-order chi connectivity index (χ1) is 11.3. The second kappa shape index (κ2) is 5.99. The van der Waals surface area contributed by atoms with E-state index in [1.54, 1.807) is 25.1 Å². The summed E-state index contributed by atoms with van der Waals surface area (Å²) in [6.45, 7) is 1.72. The minimum Gasteiger partial charge on any atom is -0.441 e. The number of nitrogens with one attached hydrogen (secondary N) is 1. The van der Waals surface area contributed by atoms with Crippen molar-refractivity contribution < 1.29 is 22.4 Å². The number of alkyl halides is 3. The SMILES string of the molecule is Cc1nc2ccc(CC(=O)Nc3cccc(C(F)(F)F)c3)cc2o1. The molecule has 3 rings (SSSR count). The number of oxazole rings is 1. The standard InChI is InChI=1S/C17H13F3N2O2/c1-10-21-14-6-5-11(7-15(14)24-10)8-16(23)22-13-4-2-3-12(9-13)17(18,19)20/h2-7,9H,8H2,1H3,(H,22,23). The number of nitrogens with zero attached hydrogens (tertiary/aromatic N) is 1. The number of fused-ring (bicyclic) bond motifs is 1. The van der Waals surface area contributed by atoms with Crippen molar-refractivity contribution in [1.82, 2.24) is 4.98 Å². The molecule has 2 aromatic carbocycles. The number of halogens is 3. The maximum atomic E-state index is 12.7. The Kier molecular flexibility index (Phi) is 4.01. The topological polar surface area (TPSA) is 55.1 Å². The number of carbonyl (C=O) groups is 1. The molecule has 0 atom stereocenters. The Morgan fingerprint density at radius 1 is 1.21 bits per heavy atom. The van der Waals surface area contributed by atoms with Crippen LogP contribution in [0.2, 0.25) is 0 Å². The summed E-state index contributed by atoms with van der Waals surface area (Å²) in [5.41, 5.74) is 1.24. The third kappa shape index (κ3) is 3.56. The van der Waals surface area contributed by atoms with E-state index in [2.05, 4.69) is 10.3 Å². The smallest absolute Gasteiger partial charge is 0.416 e. The largest absolute Gasteiger partial charge is 0.441 e. The van der Waals surface area contributed by atoms with Gasteiger partial charge in [-0.3, -0.25) is 4.79 Å². The molecule has 7 heteroatoms. The number of hydrogen-bond acceptors (Lipinski definition) is 3. The maximum Gasteiger partial charge on any atom is 0.416 e. The van der Waals surface area contributed by atoms with Gasteiger partial charge in [-0.05, 0) is 35.9 Å². The number of aryl methyl sites for hydroxylation is 1. The molecule has 4 nitrogen and oxygen atoms in total. The van der Waals surface area contributed by atoms with E-state index in [0.29, 0.717) is 22.6 Å². The molecule has 0 fully saturated rings. The van der Waals surface area contributed by atoms with Gasteiger partial charge in [-0.25, -0.2) is 4.98 Å². The van der Waals surface area contributed by atoms with E-state index in [9.17, 15) is 18.0 Å². The van der Waals surface area contributed by atoms with Crippen LogP contribution in [0, 0.1) is 6.92 Å². The Bertz CT molecular complexity index is 900. The third-order valence-electron chi connectivity index (χ3n) is 3.40. The summed E-state index contributed by atoms with van der Waals surface area (Å²) < 4.78 is 43.4. The Morgan fingerprint density at radius 2 is 2.00 bits per heavy atom. The summed E-state index contributed by atoms with van der Waals surface area (Å²) >= 11 is 0. The summed E-state index contributed by atoms with van der Waals surface area (Å²) in [5, 5.41) is 2.47. The summed E-state index contributed by atoms with van der Waals surface area (Å²) in [4.78, 5) is 16.2. The van der Waals surface area contributed by atoms with E-state index in [-0.39, 0.29) is 12.1 Å². The molecule has 1 amide bonds. The minimum absolute atomic E-state index is 0.0198. The van der Waals surface area contributed by atoms with E-state index in [1.165, 1.54) is 12.1 Å². The number of aromatic nitrogens is 1. The van der Waals surface area contributed by atoms with Gasteiger partial charge in [0.15, 0.2) is 11.5 Å². The van der Waals surface area contributed by atoms with Gasteiger partial charge in [0.05, 0.1) is 12.0 Å². The van der Waals surface area contributed by atoms with E-state index in [1.807, 2.05) is 0 Å². The highest BCUT2D eigenvalue weighted by Gasteiger charge is 2.30. The van der Waals surface area contributed by atoms with Crippen molar-refractivity contribution in [1.29, 1.82) is 0 Å². The van der Waals surface area contributed by atoms with Crippen molar-refractivity contribution in [3.05, 3.63) is 59.5 Å². The number of amides is 1. The van der Waals surface area contributed by atoms with Crippen LogP contribution < -0.4 is 5.32 Å². The van der Waals surface area contributed by atoms with Crippen LogP contribution in [0.5, 0.6) is 0 Å². The predicted octanol–water partition coefficient (Wildman–Crippen LogP) is 4.34. The highest BCUT2D eigenvalue weighted by atomic mass is 19.4. The van der Waals surface area contributed by atoms with Gasteiger partial charge in [0.1, 0.15) is 5.52 Å². The van der Waals surface area contributed by atoms with Crippen LogP contribution in [0.25, 0.3) is 11.1 Å². The average molecular weight is 334 g/mol. The van der Waals surface area contributed by atoms with Gasteiger partial charge < -0.3 is 9.73 Å². The highest BCUT2D eigenvalue weighted by molar-refractivity contribution is 5.92. The minimum atomic E-state index is -4.45. The van der Waals surface area contributed by atoms with Crippen molar-refractivity contribution in [2.75, 3.05) is 5.32 Å². The normalized spacial score (nSPS) is 11.7. The molecule has 0 spiro atoms. The molecule has 3 aromatic rings. The molecule has 1 N–H and O–H groups in total. The van der Waals surface area contributed by atoms with E-state index >= 15 is 0 Å². The van der Waals surface area contributed by atoms with Crippen LogP contribution >= 0.6 is 0 Å². The fourth-order valence-corrected chi connectivity index (χ4v) is 2.36. The number of carbonyl (C=O) groups excluding carboxylic acids is 1. The van der Waals surface area contributed by atoms with Gasteiger partial charge in [-0.15, -0.1) is 0 Å². The first-order valence-corrected chi connectivity index (χ1v) is 7.14. The van der Waals surface area contributed by atoms with Gasteiger partial charge in [0, 0.05) is 12.6 Å². The van der Waals surface area contributed by atoms with Crippen molar-refractivity contribution >= 4 is 22.7 Å². The lowest BCUT2D eigenvalue weighted by Crippen LogP contribution is -2.15. The van der Waals surface area contributed by atoms with Gasteiger partial charge in [0.2, 0.25) is 5.91 Å². The van der Waals surface area contributed by atoms with Crippen molar-refractivity contribution in [2.45, 2.75) is 19.5 Å². The maximum absolute atomic E-state index is 12.7. The molecule has 0 aliphatic rings. The molecular formula is C17H13F3N2O2. The fraction of sp³-hybridized carbons (Fsp3) is 0.176. The third-order valence-corrected chi connectivity index (χ3v) is 3.40. The Labute approximate surface area is 135 Å². The molecule has 0 radical (unpaired) electrons. The molecule has 1 aromatic heterocycles. The Morgan fingerprint density at radius 3 is 2.75 bits per heavy atom. The number of anilines is 1. The Balaban J connectivity index is 1.72. The molecule has 0 saturated carbocycles. The first kappa shape index (κ1) is 16.0. The molecule has 124 valence electrons. The van der Waals surface area contributed by atoms with Gasteiger partial charge in [-0.2, -0.15) is 13.2 Å². The molecule has 0 aliphatic heterocycles.